The second-order valence-electron chi connectivity index (χ2n) is 6.48. The van der Waals surface area contributed by atoms with Gasteiger partial charge < -0.3 is 14.0 Å². The van der Waals surface area contributed by atoms with E-state index in [1.165, 1.54) is 30.9 Å². The van der Waals surface area contributed by atoms with E-state index in [4.69, 9.17) is 9.47 Å². The average molecular weight is 424 g/mol. The fraction of sp³-hybridized carbons (Fsp3) is 0.136. The van der Waals surface area contributed by atoms with E-state index >= 15 is 0 Å². The molecule has 152 valence electrons. The molecule has 0 N–H and O–H groups in total. The summed E-state index contributed by atoms with van der Waals surface area (Å²) in [4.78, 5) is 29.4. The van der Waals surface area contributed by atoms with E-state index in [0.717, 1.165) is 22.1 Å². The smallest absolute Gasteiger partial charge is 0.325 e. The van der Waals surface area contributed by atoms with Crippen LogP contribution in [0.2, 0.25) is 0 Å². The molecule has 0 bridgehead atoms. The van der Waals surface area contributed by atoms with Gasteiger partial charge in [0.25, 0.3) is 5.91 Å². The number of fused-ring (bicyclic) bond motifs is 2. The van der Waals surface area contributed by atoms with Crippen molar-refractivity contribution in [2.75, 3.05) is 14.2 Å². The third-order valence-electron chi connectivity index (χ3n) is 4.66. The molecule has 0 radical (unpaired) electrons. The zero-order valence-corrected chi connectivity index (χ0v) is 17.0. The molecule has 1 aromatic heterocycles. The van der Waals surface area contributed by atoms with E-state index in [1.807, 2.05) is 24.3 Å². The average Bonchev–Trinajstić information content (AvgIpc) is 3.08. The summed E-state index contributed by atoms with van der Waals surface area (Å²) in [5.74, 6) is -1.04. The Morgan fingerprint density at radius 3 is 2.50 bits per heavy atom. The highest BCUT2D eigenvalue weighted by Crippen LogP contribution is 2.27. The van der Waals surface area contributed by atoms with Gasteiger partial charge in [-0.05, 0) is 41.1 Å². The van der Waals surface area contributed by atoms with Gasteiger partial charge in [0.05, 0.1) is 30.0 Å². The maximum absolute atomic E-state index is 13.7. The van der Waals surface area contributed by atoms with E-state index in [0.29, 0.717) is 21.5 Å². The van der Waals surface area contributed by atoms with Crippen molar-refractivity contribution in [1.82, 2.24) is 4.57 Å². The van der Waals surface area contributed by atoms with Crippen molar-refractivity contribution in [3.05, 3.63) is 70.8 Å². The number of nitrogens with zero attached hydrogens (tertiary/aromatic N) is 2. The summed E-state index contributed by atoms with van der Waals surface area (Å²) in [6.45, 7) is -0.150. The first-order valence-corrected chi connectivity index (χ1v) is 9.83. The second kappa shape index (κ2) is 8.08. The third kappa shape index (κ3) is 3.69. The number of aromatic nitrogens is 1. The molecule has 6 nitrogen and oxygen atoms in total. The molecule has 4 aromatic rings. The number of rotatable bonds is 4. The predicted octanol–water partition coefficient (Wildman–Crippen LogP) is 3.92. The molecule has 0 saturated heterocycles. The molecule has 0 spiro atoms. The molecular weight excluding hydrogens is 407 g/mol. The van der Waals surface area contributed by atoms with Gasteiger partial charge in [-0.2, -0.15) is 4.99 Å². The number of hydrogen-bond acceptors (Lipinski definition) is 5. The summed E-state index contributed by atoms with van der Waals surface area (Å²) in [7, 11) is 2.76. The minimum atomic E-state index is -0.525. The standard InChI is InChI=1S/C22H17FN2O4S/c1-28-18-10-14-6-4-3-5-13(14)9-16(18)21(27)24-22-25(12-20(26)29-2)17-8-7-15(23)11-19(17)30-22/h3-11H,12H2,1-2H3. The van der Waals surface area contributed by atoms with Gasteiger partial charge in [0.2, 0.25) is 0 Å². The number of carbonyl (C=O) groups excluding carboxylic acids is 2. The van der Waals surface area contributed by atoms with Gasteiger partial charge in [-0.3, -0.25) is 9.59 Å². The zero-order valence-electron chi connectivity index (χ0n) is 16.2. The van der Waals surface area contributed by atoms with Gasteiger partial charge in [-0.15, -0.1) is 0 Å². The van der Waals surface area contributed by atoms with Crippen molar-refractivity contribution in [3.8, 4) is 5.75 Å². The molecule has 0 saturated carbocycles. The highest BCUT2D eigenvalue weighted by Gasteiger charge is 2.16. The minimum Gasteiger partial charge on any atom is -0.496 e. The Balaban J connectivity index is 1.88. The van der Waals surface area contributed by atoms with E-state index in [-0.39, 0.29) is 11.3 Å². The lowest BCUT2D eigenvalue weighted by Crippen LogP contribution is -2.22. The number of methoxy groups -OCH3 is 2. The molecule has 4 rings (SSSR count). The van der Waals surface area contributed by atoms with Crippen molar-refractivity contribution >= 4 is 44.2 Å². The van der Waals surface area contributed by atoms with Crippen LogP contribution in [0, 0.1) is 5.82 Å². The number of amides is 1. The Morgan fingerprint density at radius 1 is 1.07 bits per heavy atom. The van der Waals surface area contributed by atoms with Gasteiger partial charge in [0.1, 0.15) is 18.1 Å². The summed E-state index contributed by atoms with van der Waals surface area (Å²) in [5, 5.41) is 1.81. The number of benzene rings is 3. The van der Waals surface area contributed by atoms with Crippen molar-refractivity contribution < 1.29 is 23.5 Å². The minimum absolute atomic E-state index is 0.150. The molecule has 1 amide bonds. The number of halogens is 1. The van der Waals surface area contributed by atoms with Crippen LogP contribution in [0.3, 0.4) is 0 Å². The number of thiazole rings is 1. The maximum Gasteiger partial charge on any atom is 0.325 e. The van der Waals surface area contributed by atoms with Crippen molar-refractivity contribution in [3.63, 3.8) is 0 Å². The van der Waals surface area contributed by atoms with Crippen LogP contribution in [0.1, 0.15) is 10.4 Å². The first-order valence-electron chi connectivity index (χ1n) is 9.01. The fourth-order valence-electron chi connectivity index (χ4n) is 3.18. The molecule has 0 fully saturated rings. The number of carbonyl (C=O) groups is 2. The quantitative estimate of drug-likeness (QED) is 0.466. The topological polar surface area (TPSA) is 69.9 Å². The molecule has 8 heteroatoms. The maximum atomic E-state index is 13.7. The lowest BCUT2D eigenvalue weighted by molar-refractivity contribution is -0.141. The van der Waals surface area contributed by atoms with Crippen molar-refractivity contribution in [1.29, 1.82) is 0 Å². The summed E-state index contributed by atoms with van der Waals surface area (Å²) in [6.07, 6.45) is 0. The lowest BCUT2D eigenvalue weighted by Gasteiger charge is -2.08. The monoisotopic (exact) mass is 424 g/mol. The number of esters is 1. The van der Waals surface area contributed by atoms with Gasteiger partial charge in [-0.25, -0.2) is 4.39 Å². The number of ether oxygens (including phenoxy) is 2. The summed E-state index contributed by atoms with van der Waals surface area (Å²) in [6, 6.07) is 15.3. The van der Waals surface area contributed by atoms with Gasteiger partial charge in [0.15, 0.2) is 4.80 Å². The van der Waals surface area contributed by atoms with Crippen LogP contribution < -0.4 is 9.54 Å². The molecule has 1 heterocycles. The molecule has 0 aliphatic heterocycles. The van der Waals surface area contributed by atoms with Gasteiger partial charge in [0, 0.05) is 0 Å². The summed E-state index contributed by atoms with van der Waals surface area (Å²) >= 11 is 1.12. The van der Waals surface area contributed by atoms with E-state index in [9.17, 15) is 14.0 Å². The predicted molar refractivity (Wildman–Crippen MR) is 112 cm³/mol. The molecular formula is C22H17FN2O4S. The molecule has 0 aliphatic rings. The van der Waals surface area contributed by atoms with E-state index < -0.39 is 17.7 Å². The van der Waals surface area contributed by atoms with E-state index in [1.54, 1.807) is 18.2 Å². The van der Waals surface area contributed by atoms with Crippen molar-refractivity contribution in [2.45, 2.75) is 6.54 Å². The molecule has 30 heavy (non-hydrogen) atoms. The summed E-state index contributed by atoms with van der Waals surface area (Å²) in [5.41, 5.74) is 0.883. The second-order valence-corrected chi connectivity index (χ2v) is 7.48. The van der Waals surface area contributed by atoms with Crippen LogP contribution in [0.25, 0.3) is 21.0 Å². The first-order chi connectivity index (χ1) is 14.5. The Kier molecular flexibility index (Phi) is 5.33. The Labute approximate surface area is 174 Å². The van der Waals surface area contributed by atoms with Crippen LogP contribution in [-0.2, 0) is 16.1 Å². The van der Waals surface area contributed by atoms with Crippen LogP contribution in [0.5, 0.6) is 5.75 Å². The highest BCUT2D eigenvalue weighted by atomic mass is 32.1. The van der Waals surface area contributed by atoms with Crippen LogP contribution >= 0.6 is 11.3 Å². The molecule has 0 unspecified atom stereocenters. The van der Waals surface area contributed by atoms with Gasteiger partial charge in [-0.1, -0.05) is 35.6 Å². The van der Waals surface area contributed by atoms with Crippen LogP contribution in [-0.4, -0.2) is 30.7 Å². The molecule has 0 aliphatic carbocycles. The first kappa shape index (κ1) is 19.8. The largest absolute Gasteiger partial charge is 0.496 e. The van der Waals surface area contributed by atoms with E-state index in [2.05, 4.69) is 4.99 Å². The van der Waals surface area contributed by atoms with Crippen molar-refractivity contribution in [2.24, 2.45) is 4.99 Å². The highest BCUT2D eigenvalue weighted by molar-refractivity contribution is 7.16. The Hall–Kier alpha value is -3.52. The lowest BCUT2D eigenvalue weighted by atomic mass is 10.1. The molecule has 0 atom stereocenters. The normalized spacial score (nSPS) is 11.8. The van der Waals surface area contributed by atoms with Gasteiger partial charge >= 0.3 is 5.97 Å². The fourth-order valence-corrected chi connectivity index (χ4v) is 4.23. The Bertz CT molecular complexity index is 1360. The SMILES string of the molecule is COC(=O)Cn1c(=NC(=O)c2cc3ccccc3cc2OC)sc2cc(F)ccc21. The van der Waals surface area contributed by atoms with Crippen LogP contribution in [0.15, 0.2) is 59.6 Å². The number of hydrogen-bond donors (Lipinski definition) is 0. The Morgan fingerprint density at radius 2 is 1.80 bits per heavy atom. The third-order valence-corrected chi connectivity index (χ3v) is 5.70. The molecule has 3 aromatic carbocycles. The zero-order chi connectivity index (χ0) is 21.3. The van der Waals surface area contributed by atoms with Crippen LogP contribution in [0.4, 0.5) is 4.39 Å². The summed E-state index contributed by atoms with van der Waals surface area (Å²) < 4.78 is 25.9.